The van der Waals surface area contributed by atoms with Crippen molar-refractivity contribution in [2.45, 2.75) is 80.1 Å². The summed E-state index contributed by atoms with van der Waals surface area (Å²) < 4.78 is 0. The van der Waals surface area contributed by atoms with Crippen molar-refractivity contribution in [3.63, 3.8) is 0 Å². The maximum atomic E-state index is 2.60. The van der Waals surface area contributed by atoms with Gasteiger partial charge in [-0.2, -0.15) is 0 Å². The van der Waals surface area contributed by atoms with Crippen LogP contribution in [-0.2, 0) is 0 Å². The third-order valence-corrected chi connectivity index (χ3v) is 6.83. The summed E-state index contributed by atoms with van der Waals surface area (Å²) in [5, 5.41) is 0. The zero-order chi connectivity index (χ0) is 15.0. The largest absolute Gasteiger partial charge is 0.0851 e. The van der Waals surface area contributed by atoms with Crippen LogP contribution in [0, 0.1) is 34.5 Å². The number of fused-ring (bicyclic) bond motifs is 1. The lowest BCUT2D eigenvalue weighted by Gasteiger charge is -2.42. The van der Waals surface area contributed by atoms with E-state index in [2.05, 4.69) is 53.7 Å². The Bertz CT molecular complexity index is 346. The predicted octanol–water partition coefficient (Wildman–Crippen LogP) is 6.47. The van der Waals surface area contributed by atoms with Gasteiger partial charge < -0.3 is 0 Å². The van der Waals surface area contributed by atoms with Crippen LogP contribution < -0.4 is 0 Å². The molecule has 0 bridgehead atoms. The van der Waals surface area contributed by atoms with Crippen molar-refractivity contribution in [3.05, 3.63) is 12.2 Å². The average Bonchev–Trinajstić information content (AvgIpc) is 2.71. The minimum absolute atomic E-state index is 0.392. The van der Waals surface area contributed by atoms with Crippen molar-refractivity contribution in [1.29, 1.82) is 0 Å². The fraction of sp³-hybridized carbons (Fsp3) is 0.900. The minimum Gasteiger partial charge on any atom is -0.0851 e. The summed E-state index contributed by atoms with van der Waals surface area (Å²) in [6.45, 7) is 14.5. The van der Waals surface area contributed by atoms with Crippen LogP contribution in [0.3, 0.4) is 0 Å². The molecule has 116 valence electrons. The second-order valence-corrected chi connectivity index (χ2v) is 9.03. The lowest BCUT2D eigenvalue weighted by atomic mass is 9.62. The summed E-state index contributed by atoms with van der Waals surface area (Å²) in [6, 6.07) is 0. The topological polar surface area (TPSA) is 0 Å². The molecule has 0 aromatic rings. The van der Waals surface area contributed by atoms with E-state index in [9.17, 15) is 0 Å². The molecule has 0 amide bonds. The zero-order valence-electron chi connectivity index (χ0n) is 14.7. The smallest absolute Gasteiger partial charge is 0.0213 e. The summed E-state index contributed by atoms with van der Waals surface area (Å²) in [7, 11) is 0. The van der Waals surface area contributed by atoms with Crippen LogP contribution in [0.2, 0.25) is 0 Å². The van der Waals surface area contributed by atoms with Gasteiger partial charge in [0.1, 0.15) is 0 Å². The monoisotopic (exact) mass is 276 g/mol. The summed E-state index contributed by atoms with van der Waals surface area (Å²) >= 11 is 0. The standard InChI is InChI=1S/C20H36/c1-15(10-11-16(2)19(3,4)5)18-13-12-17-9-7-8-14-20(17,18)6/h10-11,15-18H,7-9,12-14H2,1-6H3/b11-10+/t15-,16+,17?,18?,20+/m1/s1. The number of hydrogen-bond donors (Lipinski definition) is 0. The Labute approximate surface area is 127 Å². The minimum atomic E-state index is 0.392. The molecule has 2 aliphatic rings. The van der Waals surface area contributed by atoms with E-state index in [1.165, 1.54) is 38.5 Å². The lowest BCUT2D eigenvalue weighted by molar-refractivity contribution is 0.0808. The highest BCUT2D eigenvalue weighted by atomic mass is 14.5. The summed E-state index contributed by atoms with van der Waals surface area (Å²) in [4.78, 5) is 0. The molecular weight excluding hydrogens is 240 g/mol. The van der Waals surface area contributed by atoms with Gasteiger partial charge >= 0.3 is 0 Å². The highest BCUT2D eigenvalue weighted by Crippen LogP contribution is 2.57. The van der Waals surface area contributed by atoms with Crippen LogP contribution in [-0.4, -0.2) is 0 Å². The molecule has 20 heavy (non-hydrogen) atoms. The predicted molar refractivity (Wildman–Crippen MR) is 89.7 cm³/mol. The SMILES string of the molecule is C[C@H](/C=C/[C@H](C)C(C)(C)C)C1CCC2CCCC[C@@]21C. The van der Waals surface area contributed by atoms with Crippen LogP contribution in [0.4, 0.5) is 0 Å². The maximum Gasteiger partial charge on any atom is -0.0213 e. The number of rotatable bonds is 3. The first-order valence-electron chi connectivity index (χ1n) is 8.93. The van der Waals surface area contributed by atoms with Gasteiger partial charge in [-0.25, -0.2) is 0 Å². The van der Waals surface area contributed by atoms with Gasteiger partial charge in [0.25, 0.3) is 0 Å². The van der Waals surface area contributed by atoms with E-state index in [0.717, 1.165) is 17.8 Å². The molecule has 0 N–H and O–H groups in total. The van der Waals surface area contributed by atoms with E-state index in [0.29, 0.717) is 16.7 Å². The number of allylic oxidation sites excluding steroid dienone is 2. The Hall–Kier alpha value is -0.260. The van der Waals surface area contributed by atoms with Crippen molar-refractivity contribution in [1.82, 2.24) is 0 Å². The molecule has 0 aromatic heterocycles. The van der Waals surface area contributed by atoms with Gasteiger partial charge in [-0.3, -0.25) is 0 Å². The molecule has 0 aliphatic heterocycles. The molecule has 0 aromatic carbocycles. The van der Waals surface area contributed by atoms with Gasteiger partial charge in [-0.1, -0.05) is 66.5 Å². The molecule has 2 fully saturated rings. The fourth-order valence-corrected chi connectivity index (χ4v) is 4.73. The van der Waals surface area contributed by atoms with Gasteiger partial charge in [-0.15, -0.1) is 0 Å². The Morgan fingerprint density at radius 3 is 2.35 bits per heavy atom. The molecule has 0 saturated heterocycles. The first-order chi connectivity index (χ1) is 9.25. The molecule has 2 unspecified atom stereocenters. The average molecular weight is 277 g/mol. The van der Waals surface area contributed by atoms with E-state index in [1.807, 2.05) is 0 Å². The van der Waals surface area contributed by atoms with Crippen molar-refractivity contribution < 1.29 is 0 Å². The van der Waals surface area contributed by atoms with E-state index >= 15 is 0 Å². The highest BCUT2D eigenvalue weighted by molar-refractivity contribution is 5.04. The summed E-state index contributed by atoms with van der Waals surface area (Å²) in [5.74, 6) is 3.38. The maximum absolute atomic E-state index is 2.60. The van der Waals surface area contributed by atoms with Gasteiger partial charge in [0.05, 0.1) is 0 Å². The Morgan fingerprint density at radius 1 is 1.00 bits per heavy atom. The quantitative estimate of drug-likeness (QED) is 0.518. The van der Waals surface area contributed by atoms with Gasteiger partial charge in [0.15, 0.2) is 0 Å². The van der Waals surface area contributed by atoms with Crippen molar-refractivity contribution >= 4 is 0 Å². The molecule has 5 atom stereocenters. The second-order valence-electron chi connectivity index (χ2n) is 9.03. The summed E-state index contributed by atoms with van der Waals surface area (Å²) in [6.07, 6.45) is 13.9. The van der Waals surface area contributed by atoms with Gasteiger partial charge in [0.2, 0.25) is 0 Å². The van der Waals surface area contributed by atoms with E-state index in [4.69, 9.17) is 0 Å². The first kappa shape index (κ1) is 16.1. The molecule has 0 heterocycles. The van der Waals surface area contributed by atoms with Crippen LogP contribution in [0.15, 0.2) is 12.2 Å². The molecule has 0 heteroatoms. The lowest BCUT2D eigenvalue weighted by Crippen LogP contribution is -2.34. The van der Waals surface area contributed by atoms with Crippen LogP contribution in [0.1, 0.15) is 80.1 Å². The highest BCUT2D eigenvalue weighted by Gasteiger charge is 2.48. The third kappa shape index (κ3) is 3.15. The van der Waals surface area contributed by atoms with E-state index in [-0.39, 0.29) is 0 Å². The van der Waals surface area contributed by atoms with E-state index in [1.54, 1.807) is 0 Å². The molecule has 0 radical (unpaired) electrons. The van der Waals surface area contributed by atoms with E-state index < -0.39 is 0 Å². The molecule has 2 rings (SSSR count). The first-order valence-corrected chi connectivity index (χ1v) is 8.93. The van der Waals surface area contributed by atoms with Crippen molar-refractivity contribution in [2.24, 2.45) is 34.5 Å². The molecule has 0 nitrogen and oxygen atoms in total. The normalized spacial score (nSPS) is 37.9. The molecular formula is C20H36. The van der Waals surface area contributed by atoms with Crippen LogP contribution in [0.25, 0.3) is 0 Å². The molecule has 2 aliphatic carbocycles. The van der Waals surface area contributed by atoms with Crippen LogP contribution >= 0.6 is 0 Å². The zero-order valence-corrected chi connectivity index (χ0v) is 14.7. The van der Waals surface area contributed by atoms with Gasteiger partial charge in [0, 0.05) is 0 Å². The molecule has 0 spiro atoms. The van der Waals surface area contributed by atoms with Crippen LogP contribution in [0.5, 0.6) is 0 Å². The van der Waals surface area contributed by atoms with Gasteiger partial charge in [-0.05, 0) is 60.2 Å². The summed E-state index contributed by atoms with van der Waals surface area (Å²) in [5.41, 5.74) is 1.04. The number of hydrogen-bond acceptors (Lipinski definition) is 0. The Kier molecular flexibility index (Phi) is 4.72. The fourth-order valence-electron chi connectivity index (χ4n) is 4.73. The van der Waals surface area contributed by atoms with Crippen molar-refractivity contribution in [2.75, 3.05) is 0 Å². The second kappa shape index (κ2) is 5.85. The Balaban J connectivity index is 2.02. The molecule has 2 saturated carbocycles. The van der Waals surface area contributed by atoms with Crippen molar-refractivity contribution in [3.8, 4) is 0 Å². The Morgan fingerprint density at radius 2 is 1.70 bits per heavy atom. The third-order valence-electron chi connectivity index (χ3n) is 6.83.